The molecule has 6 nitrogen and oxygen atoms in total. The van der Waals surface area contributed by atoms with Gasteiger partial charge in [-0.1, -0.05) is 0 Å². The van der Waals surface area contributed by atoms with Crippen molar-refractivity contribution in [2.24, 2.45) is 0 Å². The van der Waals surface area contributed by atoms with Crippen LogP contribution in [0.25, 0.3) is 0 Å². The Kier molecular flexibility index (Phi) is 6.28. The minimum Gasteiger partial charge on any atom is -0.488 e. The van der Waals surface area contributed by atoms with Crippen LogP contribution in [0.1, 0.15) is 44.5 Å². The highest BCUT2D eigenvalue weighted by molar-refractivity contribution is 5.94. The molecule has 1 aliphatic rings. The number of carbonyl (C=O) groups is 2. The number of amides is 2. The molecular weight excluding hydrogens is 320 g/mol. The number of rotatable bonds is 3. The third-order valence-electron chi connectivity index (χ3n) is 3.83. The summed E-state index contributed by atoms with van der Waals surface area (Å²) >= 11 is 0. The van der Waals surface area contributed by atoms with Gasteiger partial charge in [-0.25, -0.2) is 4.79 Å². The SMILES string of the molecule is CCOC(=O)N1CCCN(C(=O)c2ccc(OC(C)(C)C)cc2)CC1. The van der Waals surface area contributed by atoms with E-state index < -0.39 is 0 Å². The molecule has 0 aliphatic carbocycles. The van der Waals surface area contributed by atoms with Crippen LogP contribution in [-0.4, -0.2) is 60.2 Å². The van der Waals surface area contributed by atoms with E-state index in [0.717, 1.165) is 12.2 Å². The normalized spacial score (nSPS) is 15.5. The number of hydrogen-bond acceptors (Lipinski definition) is 4. The van der Waals surface area contributed by atoms with Gasteiger partial charge < -0.3 is 19.3 Å². The summed E-state index contributed by atoms with van der Waals surface area (Å²) < 4.78 is 10.8. The van der Waals surface area contributed by atoms with E-state index in [0.29, 0.717) is 38.3 Å². The predicted molar refractivity (Wildman–Crippen MR) is 95.9 cm³/mol. The summed E-state index contributed by atoms with van der Waals surface area (Å²) in [5, 5.41) is 0. The lowest BCUT2D eigenvalue weighted by Gasteiger charge is -2.23. The molecule has 2 amide bonds. The zero-order valence-electron chi connectivity index (χ0n) is 15.6. The molecule has 0 atom stereocenters. The second kappa shape index (κ2) is 8.23. The van der Waals surface area contributed by atoms with Gasteiger partial charge in [-0.05, 0) is 58.4 Å². The molecule has 2 rings (SSSR count). The summed E-state index contributed by atoms with van der Waals surface area (Å²) in [6, 6.07) is 7.22. The molecule has 0 N–H and O–H groups in total. The third kappa shape index (κ3) is 5.66. The summed E-state index contributed by atoms with van der Waals surface area (Å²) in [6.45, 7) is 10.4. The number of benzene rings is 1. The summed E-state index contributed by atoms with van der Waals surface area (Å²) in [4.78, 5) is 28.0. The van der Waals surface area contributed by atoms with Crippen LogP contribution in [0.2, 0.25) is 0 Å². The van der Waals surface area contributed by atoms with Crippen LogP contribution in [0.3, 0.4) is 0 Å². The minimum absolute atomic E-state index is 0.0204. The van der Waals surface area contributed by atoms with E-state index in [1.165, 1.54) is 0 Å². The number of carbonyl (C=O) groups excluding carboxylic acids is 2. The topological polar surface area (TPSA) is 59.1 Å². The first-order chi connectivity index (χ1) is 11.8. The highest BCUT2D eigenvalue weighted by Gasteiger charge is 2.23. The van der Waals surface area contributed by atoms with Gasteiger partial charge in [-0.2, -0.15) is 0 Å². The van der Waals surface area contributed by atoms with Crippen molar-refractivity contribution >= 4 is 12.0 Å². The molecule has 1 saturated heterocycles. The molecule has 138 valence electrons. The average molecular weight is 348 g/mol. The Hall–Kier alpha value is -2.24. The Bertz CT molecular complexity index is 592. The minimum atomic E-state index is -0.305. The van der Waals surface area contributed by atoms with Crippen LogP contribution in [0, 0.1) is 0 Å². The molecule has 1 aliphatic heterocycles. The Morgan fingerprint density at radius 1 is 1.00 bits per heavy atom. The first-order valence-electron chi connectivity index (χ1n) is 8.80. The number of hydrogen-bond donors (Lipinski definition) is 0. The van der Waals surface area contributed by atoms with E-state index >= 15 is 0 Å². The second-order valence-corrected chi connectivity index (χ2v) is 7.07. The monoisotopic (exact) mass is 348 g/mol. The van der Waals surface area contributed by atoms with Crippen molar-refractivity contribution in [3.05, 3.63) is 29.8 Å². The maximum Gasteiger partial charge on any atom is 0.409 e. The second-order valence-electron chi connectivity index (χ2n) is 7.07. The lowest BCUT2D eigenvalue weighted by molar-refractivity contribution is 0.0753. The van der Waals surface area contributed by atoms with Crippen LogP contribution >= 0.6 is 0 Å². The van der Waals surface area contributed by atoms with Crippen molar-refractivity contribution in [1.29, 1.82) is 0 Å². The fourth-order valence-electron chi connectivity index (χ4n) is 2.72. The molecule has 0 unspecified atom stereocenters. The summed E-state index contributed by atoms with van der Waals surface area (Å²) in [6.07, 6.45) is 0.441. The van der Waals surface area contributed by atoms with Crippen LogP contribution in [-0.2, 0) is 4.74 Å². The van der Waals surface area contributed by atoms with Gasteiger partial charge in [0.2, 0.25) is 0 Å². The van der Waals surface area contributed by atoms with Gasteiger partial charge in [-0.3, -0.25) is 4.79 Å². The van der Waals surface area contributed by atoms with Crippen molar-refractivity contribution in [3.63, 3.8) is 0 Å². The molecule has 0 radical (unpaired) electrons. The molecule has 0 spiro atoms. The van der Waals surface area contributed by atoms with Gasteiger partial charge in [-0.15, -0.1) is 0 Å². The lowest BCUT2D eigenvalue weighted by Crippen LogP contribution is -2.37. The molecule has 0 aromatic heterocycles. The molecule has 6 heteroatoms. The molecule has 0 bridgehead atoms. The Morgan fingerprint density at radius 2 is 1.60 bits per heavy atom. The van der Waals surface area contributed by atoms with E-state index in [1.54, 1.807) is 28.9 Å². The summed E-state index contributed by atoms with van der Waals surface area (Å²) in [5.74, 6) is 0.724. The fraction of sp³-hybridized carbons (Fsp3) is 0.579. The Labute approximate surface area is 149 Å². The van der Waals surface area contributed by atoms with E-state index in [9.17, 15) is 9.59 Å². The van der Waals surface area contributed by atoms with E-state index in [2.05, 4.69) is 0 Å². The smallest absolute Gasteiger partial charge is 0.409 e. The zero-order chi connectivity index (χ0) is 18.4. The summed E-state index contributed by atoms with van der Waals surface area (Å²) in [7, 11) is 0. The Balaban J connectivity index is 1.97. The first-order valence-corrected chi connectivity index (χ1v) is 8.80. The van der Waals surface area contributed by atoms with Crippen LogP contribution < -0.4 is 4.74 Å². The fourth-order valence-corrected chi connectivity index (χ4v) is 2.72. The lowest BCUT2D eigenvalue weighted by atomic mass is 10.1. The van der Waals surface area contributed by atoms with Gasteiger partial charge >= 0.3 is 6.09 Å². The maximum atomic E-state index is 12.7. The Morgan fingerprint density at radius 3 is 2.20 bits per heavy atom. The predicted octanol–water partition coefficient (Wildman–Crippen LogP) is 3.17. The quantitative estimate of drug-likeness (QED) is 0.842. The van der Waals surface area contributed by atoms with E-state index in [1.807, 2.05) is 32.9 Å². The standard InChI is InChI=1S/C19H28N2O4/c1-5-24-18(23)21-12-6-11-20(13-14-21)17(22)15-7-9-16(10-8-15)25-19(2,3)4/h7-10H,5-6,11-14H2,1-4H3. The van der Waals surface area contributed by atoms with Crippen molar-refractivity contribution < 1.29 is 19.1 Å². The van der Waals surface area contributed by atoms with Gasteiger partial charge in [0.1, 0.15) is 11.4 Å². The largest absolute Gasteiger partial charge is 0.488 e. The number of ether oxygens (including phenoxy) is 2. The van der Waals surface area contributed by atoms with Crippen molar-refractivity contribution in [2.45, 2.75) is 39.7 Å². The molecule has 1 fully saturated rings. The molecule has 1 heterocycles. The van der Waals surface area contributed by atoms with Crippen molar-refractivity contribution in [1.82, 2.24) is 9.80 Å². The highest BCUT2D eigenvalue weighted by atomic mass is 16.6. The van der Waals surface area contributed by atoms with Gasteiger partial charge in [0.15, 0.2) is 0 Å². The van der Waals surface area contributed by atoms with Crippen LogP contribution in [0.5, 0.6) is 5.75 Å². The van der Waals surface area contributed by atoms with Crippen LogP contribution in [0.15, 0.2) is 24.3 Å². The maximum absolute atomic E-state index is 12.7. The molecule has 0 saturated carbocycles. The van der Waals surface area contributed by atoms with Crippen LogP contribution in [0.4, 0.5) is 4.79 Å². The first kappa shape index (κ1) is 19.1. The average Bonchev–Trinajstić information content (AvgIpc) is 2.80. The zero-order valence-corrected chi connectivity index (χ0v) is 15.6. The van der Waals surface area contributed by atoms with Crippen molar-refractivity contribution in [3.8, 4) is 5.75 Å². The molecule has 25 heavy (non-hydrogen) atoms. The van der Waals surface area contributed by atoms with E-state index in [-0.39, 0.29) is 17.6 Å². The van der Waals surface area contributed by atoms with E-state index in [4.69, 9.17) is 9.47 Å². The van der Waals surface area contributed by atoms with Gasteiger partial charge in [0.25, 0.3) is 5.91 Å². The third-order valence-corrected chi connectivity index (χ3v) is 3.83. The molecular formula is C19H28N2O4. The number of nitrogens with zero attached hydrogens (tertiary/aromatic N) is 2. The van der Waals surface area contributed by atoms with Crippen molar-refractivity contribution in [2.75, 3.05) is 32.8 Å². The van der Waals surface area contributed by atoms with Gasteiger partial charge in [0, 0.05) is 31.7 Å². The summed E-state index contributed by atoms with van der Waals surface area (Å²) in [5.41, 5.74) is 0.359. The van der Waals surface area contributed by atoms with Gasteiger partial charge in [0.05, 0.1) is 6.61 Å². The molecule has 1 aromatic rings. The highest BCUT2D eigenvalue weighted by Crippen LogP contribution is 2.19. The molecule has 1 aromatic carbocycles.